The maximum absolute atomic E-state index is 10.9. The van der Waals surface area contributed by atoms with E-state index in [4.69, 9.17) is 14.4 Å². The van der Waals surface area contributed by atoms with E-state index in [9.17, 15) is 4.79 Å². The van der Waals surface area contributed by atoms with Gasteiger partial charge in [0.1, 0.15) is 5.75 Å². The van der Waals surface area contributed by atoms with Crippen LogP contribution in [0, 0.1) is 0 Å². The first-order valence-electron chi connectivity index (χ1n) is 11.4. The molecule has 1 aromatic carbocycles. The number of anilines is 1. The minimum Gasteiger partial charge on any atom is -0.494 e. The summed E-state index contributed by atoms with van der Waals surface area (Å²) in [5.74, 6) is 1.75. The molecule has 1 unspecified atom stereocenters. The van der Waals surface area contributed by atoms with E-state index >= 15 is 0 Å². The van der Waals surface area contributed by atoms with Crippen LogP contribution < -0.4 is 9.64 Å². The minimum absolute atomic E-state index is 0.175. The normalized spacial score (nSPS) is 16.2. The van der Waals surface area contributed by atoms with Crippen LogP contribution in [-0.2, 0) is 0 Å². The predicted octanol–water partition coefficient (Wildman–Crippen LogP) is 4.57. The third-order valence-electron chi connectivity index (χ3n) is 5.77. The summed E-state index contributed by atoms with van der Waals surface area (Å²) in [4.78, 5) is 26.8. The van der Waals surface area contributed by atoms with Crippen molar-refractivity contribution in [2.24, 2.45) is 0 Å². The van der Waals surface area contributed by atoms with E-state index < -0.39 is 5.97 Å². The number of rotatable bonds is 9. The molecule has 1 aliphatic rings. The molecule has 3 aromatic rings. The molecule has 1 aliphatic heterocycles. The lowest BCUT2D eigenvalue weighted by Crippen LogP contribution is -2.40. The molecule has 0 aliphatic carbocycles. The number of ether oxygens (including phenoxy) is 1. The van der Waals surface area contributed by atoms with Gasteiger partial charge < -0.3 is 19.3 Å². The summed E-state index contributed by atoms with van der Waals surface area (Å²) >= 11 is 0. The number of benzene rings is 1. The van der Waals surface area contributed by atoms with E-state index in [1.807, 2.05) is 13.8 Å². The van der Waals surface area contributed by atoms with Gasteiger partial charge in [-0.25, -0.2) is 14.8 Å². The number of hydrogen-bond acceptors (Lipinski definition) is 8. The molecule has 0 saturated carbocycles. The van der Waals surface area contributed by atoms with Gasteiger partial charge >= 0.3 is 5.97 Å². The Hall–Kier alpha value is -3.49. The Morgan fingerprint density at radius 2 is 1.97 bits per heavy atom. The number of hydrogen-bond donors (Lipinski definition) is 1. The van der Waals surface area contributed by atoms with Crippen molar-refractivity contribution in [3.8, 4) is 17.1 Å². The van der Waals surface area contributed by atoms with Crippen molar-refractivity contribution in [2.45, 2.75) is 57.9 Å². The van der Waals surface area contributed by atoms with Crippen molar-refractivity contribution in [3.63, 3.8) is 0 Å². The average Bonchev–Trinajstić information content (AvgIpc) is 3.33. The maximum Gasteiger partial charge on any atom is 0.335 e. The van der Waals surface area contributed by atoms with Crippen LogP contribution in [0.5, 0.6) is 5.75 Å². The predicted molar refractivity (Wildman–Crippen MR) is 123 cm³/mol. The van der Waals surface area contributed by atoms with E-state index in [0.717, 1.165) is 43.7 Å². The van der Waals surface area contributed by atoms with Gasteiger partial charge in [0.15, 0.2) is 0 Å². The van der Waals surface area contributed by atoms with Crippen LogP contribution in [0.3, 0.4) is 0 Å². The van der Waals surface area contributed by atoms with Crippen LogP contribution in [0.1, 0.15) is 68.1 Å². The van der Waals surface area contributed by atoms with Gasteiger partial charge in [-0.15, -0.1) is 0 Å². The molecule has 1 N–H and O–H groups in total. The summed E-state index contributed by atoms with van der Waals surface area (Å²) in [6.07, 6.45) is 8.79. The molecular weight excluding hydrogens is 422 g/mol. The molecule has 0 amide bonds. The number of nitrogens with zero attached hydrogens (tertiary/aromatic N) is 5. The third kappa shape index (κ3) is 5.66. The number of aromatic carboxylic acids is 1. The highest BCUT2D eigenvalue weighted by Gasteiger charge is 2.24. The van der Waals surface area contributed by atoms with Crippen LogP contribution in [0.25, 0.3) is 11.4 Å². The number of carboxylic acids is 1. The molecule has 1 fully saturated rings. The summed E-state index contributed by atoms with van der Waals surface area (Å²) < 4.78 is 11.1. The van der Waals surface area contributed by atoms with Gasteiger partial charge in [-0.2, -0.15) is 4.98 Å². The SMILES string of the molecule is CC(C)c1nc(-c2cnc(N3CCCCC3CCCOc3ccc(C(=O)O)cc3)nc2)no1. The van der Waals surface area contributed by atoms with Crippen LogP contribution >= 0.6 is 0 Å². The van der Waals surface area contributed by atoms with Gasteiger partial charge in [-0.1, -0.05) is 19.0 Å². The topological polar surface area (TPSA) is 114 Å². The molecular formula is C24H29N5O4. The van der Waals surface area contributed by atoms with Crippen molar-refractivity contribution >= 4 is 11.9 Å². The van der Waals surface area contributed by atoms with Gasteiger partial charge in [0, 0.05) is 30.9 Å². The first-order valence-corrected chi connectivity index (χ1v) is 11.4. The van der Waals surface area contributed by atoms with E-state index in [2.05, 4.69) is 25.0 Å². The average molecular weight is 452 g/mol. The molecule has 4 rings (SSSR count). The smallest absolute Gasteiger partial charge is 0.335 e. The number of piperidine rings is 1. The molecule has 0 bridgehead atoms. The van der Waals surface area contributed by atoms with E-state index in [1.165, 1.54) is 6.42 Å². The Morgan fingerprint density at radius 1 is 1.21 bits per heavy atom. The van der Waals surface area contributed by atoms with E-state index in [1.54, 1.807) is 36.7 Å². The fourth-order valence-corrected chi connectivity index (χ4v) is 3.94. The second kappa shape index (κ2) is 10.4. The molecule has 9 nitrogen and oxygen atoms in total. The van der Waals surface area contributed by atoms with Crippen molar-refractivity contribution in [1.29, 1.82) is 0 Å². The van der Waals surface area contributed by atoms with Crippen molar-refractivity contribution in [1.82, 2.24) is 20.1 Å². The number of carbonyl (C=O) groups is 1. The van der Waals surface area contributed by atoms with Crippen molar-refractivity contribution < 1.29 is 19.2 Å². The highest BCUT2D eigenvalue weighted by molar-refractivity contribution is 5.87. The van der Waals surface area contributed by atoms with Crippen LogP contribution in [0.2, 0.25) is 0 Å². The van der Waals surface area contributed by atoms with Crippen LogP contribution in [0.15, 0.2) is 41.2 Å². The summed E-state index contributed by atoms with van der Waals surface area (Å²) in [5, 5.41) is 13.0. The molecule has 174 valence electrons. The number of carboxylic acid groups (broad SMARTS) is 1. The van der Waals surface area contributed by atoms with E-state index in [0.29, 0.717) is 30.1 Å². The molecule has 9 heteroatoms. The lowest BCUT2D eigenvalue weighted by Gasteiger charge is -2.35. The second-order valence-corrected chi connectivity index (χ2v) is 8.55. The van der Waals surface area contributed by atoms with Crippen molar-refractivity contribution in [3.05, 3.63) is 48.1 Å². The summed E-state index contributed by atoms with van der Waals surface area (Å²) in [6.45, 7) is 5.52. The van der Waals surface area contributed by atoms with Gasteiger partial charge in [0.25, 0.3) is 0 Å². The molecule has 33 heavy (non-hydrogen) atoms. The Balaban J connectivity index is 1.32. The lowest BCUT2D eigenvalue weighted by atomic mass is 9.98. The fraction of sp³-hybridized carbons (Fsp3) is 0.458. The Bertz CT molecular complexity index is 1050. The van der Waals surface area contributed by atoms with Gasteiger partial charge in [-0.3, -0.25) is 0 Å². The zero-order valence-electron chi connectivity index (χ0n) is 19.0. The minimum atomic E-state index is -0.938. The Morgan fingerprint density at radius 3 is 2.64 bits per heavy atom. The molecule has 0 spiro atoms. The largest absolute Gasteiger partial charge is 0.494 e. The lowest BCUT2D eigenvalue weighted by molar-refractivity contribution is 0.0697. The first kappa shape index (κ1) is 22.7. The summed E-state index contributed by atoms with van der Waals surface area (Å²) in [7, 11) is 0. The summed E-state index contributed by atoms with van der Waals surface area (Å²) in [6, 6.07) is 6.86. The summed E-state index contributed by atoms with van der Waals surface area (Å²) in [5.41, 5.74) is 0.996. The number of aromatic nitrogens is 4. The quantitative estimate of drug-likeness (QED) is 0.467. The van der Waals surface area contributed by atoms with E-state index in [-0.39, 0.29) is 11.5 Å². The molecule has 3 heterocycles. The van der Waals surface area contributed by atoms with Gasteiger partial charge in [-0.05, 0) is 56.4 Å². The monoisotopic (exact) mass is 451 g/mol. The molecule has 0 radical (unpaired) electrons. The standard InChI is InChI=1S/C24H29N5O4/c1-16(2)22-27-21(28-33-22)18-14-25-24(26-15-18)29-12-4-3-6-19(29)7-5-13-32-20-10-8-17(9-11-20)23(30)31/h8-11,14-16,19H,3-7,12-13H2,1-2H3,(H,30,31). The van der Waals surface area contributed by atoms with Gasteiger partial charge in [0.05, 0.1) is 17.7 Å². The molecule has 1 atom stereocenters. The fourth-order valence-electron chi connectivity index (χ4n) is 3.94. The van der Waals surface area contributed by atoms with Crippen LogP contribution in [0.4, 0.5) is 5.95 Å². The van der Waals surface area contributed by atoms with Crippen molar-refractivity contribution in [2.75, 3.05) is 18.1 Å². The molecule has 1 saturated heterocycles. The maximum atomic E-state index is 10.9. The highest BCUT2D eigenvalue weighted by Crippen LogP contribution is 2.26. The highest BCUT2D eigenvalue weighted by atomic mass is 16.5. The van der Waals surface area contributed by atoms with Crippen LogP contribution in [-0.4, -0.2) is 50.4 Å². The second-order valence-electron chi connectivity index (χ2n) is 8.55. The Kier molecular flexibility index (Phi) is 7.16. The zero-order chi connectivity index (χ0) is 23.2. The van der Waals surface area contributed by atoms with Gasteiger partial charge in [0.2, 0.25) is 17.7 Å². The third-order valence-corrected chi connectivity index (χ3v) is 5.77. The molecule has 2 aromatic heterocycles. The zero-order valence-corrected chi connectivity index (χ0v) is 19.0. The first-order chi connectivity index (χ1) is 16.0. The Labute approximate surface area is 192 Å².